The van der Waals surface area contributed by atoms with Crippen LogP contribution >= 0.6 is 0 Å². The van der Waals surface area contributed by atoms with Gasteiger partial charge in [0.05, 0.1) is 0 Å². The summed E-state index contributed by atoms with van der Waals surface area (Å²) in [6.07, 6.45) is 19.0. The average molecular weight is 193 g/mol. The van der Waals surface area contributed by atoms with Crippen molar-refractivity contribution in [2.75, 3.05) is 0 Å². The van der Waals surface area contributed by atoms with Crippen molar-refractivity contribution >= 4 is 0 Å². The minimum atomic E-state index is 1.09. The summed E-state index contributed by atoms with van der Waals surface area (Å²) >= 11 is 0. The monoisotopic (exact) mass is 193 g/mol. The summed E-state index contributed by atoms with van der Waals surface area (Å²) in [5.74, 6) is 0. The van der Waals surface area contributed by atoms with E-state index in [0.717, 1.165) is 6.42 Å². The Balaban J connectivity index is 3.10. The van der Waals surface area contributed by atoms with Crippen molar-refractivity contribution in [2.45, 2.75) is 58.3 Å². The van der Waals surface area contributed by atoms with Crippen LogP contribution in [0.3, 0.4) is 0 Å². The standard InChI is InChI=1S/C14H25/c1-3-5-7-9-11-13-14-12-10-8-6-4-2/h8,10,12,14H,1,3-7,9,11,13H2,2H3/b10-8+,14-12+. The summed E-state index contributed by atoms with van der Waals surface area (Å²) in [4.78, 5) is 0. The third kappa shape index (κ3) is 11.5. The fraction of sp³-hybridized carbons (Fsp3) is 0.643. The summed E-state index contributed by atoms with van der Waals surface area (Å²) < 4.78 is 0. The van der Waals surface area contributed by atoms with Crippen molar-refractivity contribution < 1.29 is 0 Å². The molecule has 1 radical (unpaired) electrons. The zero-order valence-electron chi connectivity index (χ0n) is 9.67. The summed E-state index contributed by atoms with van der Waals surface area (Å²) in [7, 11) is 0. The van der Waals surface area contributed by atoms with E-state index in [1.165, 1.54) is 44.9 Å². The molecule has 0 aromatic carbocycles. The highest BCUT2D eigenvalue weighted by molar-refractivity contribution is 5.02. The van der Waals surface area contributed by atoms with Crippen LogP contribution in [0, 0.1) is 6.92 Å². The van der Waals surface area contributed by atoms with E-state index in [1.807, 2.05) is 0 Å². The summed E-state index contributed by atoms with van der Waals surface area (Å²) in [5.41, 5.74) is 0. The molecule has 0 spiro atoms. The van der Waals surface area contributed by atoms with Crippen LogP contribution in [-0.4, -0.2) is 0 Å². The Hall–Kier alpha value is -0.520. The Morgan fingerprint density at radius 2 is 1.50 bits per heavy atom. The highest BCUT2D eigenvalue weighted by Gasteiger charge is 1.85. The lowest BCUT2D eigenvalue weighted by Gasteiger charge is -1.95. The largest absolute Gasteiger partial charge is 0.0846 e. The van der Waals surface area contributed by atoms with Crippen LogP contribution in [-0.2, 0) is 0 Å². The van der Waals surface area contributed by atoms with E-state index >= 15 is 0 Å². The Bertz CT molecular complexity index is 142. The normalized spacial score (nSPS) is 11.9. The van der Waals surface area contributed by atoms with Crippen molar-refractivity contribution in [1.82, 2.24) is 0 Å². The number of rotatable bonds is 9. The van der Waals surface area contributed by atoms with E-state index in [2.05, 4.69) is 38.2 Å². The van der Waals surface area contributed by atoms with Gasteiger partial charge in [0.2, 0.25) is 0 Å². The topological polar surface area (TPSA) is 0 Å². The number of allylic oxidation sites excluding steroid dienone is 4. The van der Waals surface area contributed by atoms with E-state index < -0.39 is 0 Å². The quantitative estimate of drug-likeness (QED) is 0.354. The van der Waals surface area contributed by atoms with Gasteiger partial charge in [-0.25, -0.2) is 0 Å². The Labute approximate surface area is 90.1 Å². The molecule has 0 N–H and O–H groups in total. The minimum absolute atomic E-state index is 1.09. The molecule has 0 aromatic rings. The second-order valence-electron chi connectivity index (χ2n) is 3.70. The second-order valence-corrected chi connectivity index (χ2v) is 3.70. The SMILES string of the molecule is [CH2]CCCCCC/C=C/C=C/CCC. The molecule has 0 nitrogen and oxygen atoms in total. The molecule has 81 valence electrons. The molecule has 0 atom stereocenters. The lowest BCUT2D eigenvalue weighted by molar-refractivity contribution is 0.651. The first-order chi connectivity index (χ1) is 6.91. The maximum atomic E-state index is 3.84. The first-order valence-electron chi connectivity index (χ1n) is 6.02. The van der Waals surface area contributed by atoms with Crippen molar-refractivity contribution in [3.8, 4) is 0 Å². The molecule has 0 saturated heterocycles. The molecule has 0 heteroatoms. The van der Waals surface area contributed by atoms with Crippen LogP contribution in [0.25, 0.3) is 0 Å². The summed E-state index contributed by atoms with van der Waals surface area (Å²) in [5, 5.41) is 0. The van der Waals surface area contributed by atoms with E-state index in [9.17, 15) is 0 Å². The average Bonchev–Trinajstić information content (AvgIpc) is 2.21. The lowest BCUT2D eigenvalue weighted by Crippen LogP contribution is -1.75. The van der Waals surface area contributed by atoms with Gasteiger partial charge in [0.25, 0.3) is 0 Å². The molecule has 0 aliphatic carbocycles. The summed E-state index contributed by atoms with van der Waals surface area (Å²) in [6.45, 7) is 6.04. The Morgan fingerprint density at radius 3 is 2.14 bits per heavy atom. The van der Waals surface area contributed by atoms with Gasteiger partial charge in [-0.05, 0) is 19.3 Å². The molecule has 0 bridgehead atoms. The fourth-order valence-electron chi connectivity index (χ4n) is 1.31. The van der Waals surface area contributed by atoms with Gasteiger partial charge < -0.3 is 0 Å². The molecule has 0 heterocycles. The minimum Gasteiger partial charge on any atom is -0.0846 e. The zero-order valence-corrected chi connectivity index (χ0v) is 9.67. The van der Waals surface area contributed by atoms with Crippen LogP contribution < -0.4 is 0 Å². The molecule has 0 rings (SSSR count). The van der Waals surface area contributed by atoms with Gasteiger partial charge in [0.15, 0.2) is 0 Å². The van der Waals surface area contributed by atoms with Crippen molar-refractivity contribution in [3.63, 3.8) is 0 Å². The molecule has 14 heavy (non-hydrogen) atoms. The molecule has 0 saturated carbocycles. The Morgan fingerprint density at radius 1 is 0.857 bits per heavy atom. The fourth-order valence-corrected chi connectivity index (χ4v) is 1.31. The van der Waals surface area contributed by atoms with E-state index in [1.54, 1.807) is 0 Å². The van der Waals surface area contributed by atoms with Gasteiger partial charge >= 0.3 is 0 Å². The van der Waals surface area contributed by atoms with E-state index in [0.29, 0.717) is 0 Å². The molecular weight excluding hydrogens is 168 g/mol. The third-order valence-electron chi connectivity index (χ3n) is 2.21. The highest BCUT2D eigenvalue weighted by Crippen LogP contribution is 2.05. The molecule has 0 amide bonds. The van der Waals surface area contributed by atoms with Gasteiger partial charge in [-0.1, -0.05) is 70.3 Å². The van der Waals surface area contributed by atoms with Crippen LogP contribution in [0.4, 0.5) is 0 Å². The number of hydrogen-bond acceptors (Lipinski definition) is 0. The molecule has 0 unspecified atom stereocenters. The molecule has 0 aromatic heterocycles. The van der Waals surface area contributed by atoms with Gasteiger partial charge in [0.1, 0.15) is 0 Å². The van der Waals surface area contributed by atoms with Crippen molar-refractivity contribution in [2.24, 2.45) is 0 Å². The predicted molar refractivity (Wildman–Crippen MR) is 66.2 cm³/mol. The van der Waals surface area contributed by atoms with Crippen LogP contribution in [0.1, 0.15) is 58.3 Å². The Kier molecular flexibility index (Phi) is 12.0. The van der Waals surface area contributed by atoms with Crippen LogP contribution in [0.2, 0.25) is 0 Å². The first kappa shape index (κ1) is 13.5. The number of hydrogen-bond donors (Lipinski definition) is 0. The summed E-state index contributed by atoms with van der Waals surface area (Å²) in [6, 6.07) is 0. The molecular formula is C14H25. The predicted octanol–water partition coefficient (Wildman–Crippen LogP) is 5.07. The van der Waals surface area contributed by atoms with E-state index in [-0.39, 0.29) is 0 Å². The molecule has 0 aliphatic heterocycles. The second kappa shape index (κ2) is 12.5. The van der Waals surface area contributed by atoms with Crippen LogP contribution in [0.5, 0.6) is 0 Å². The van der Waals surface area contributed by atoms with Crippen molar-refractivity contribution in [3.05, 3.63) is 31.2 Å². The van der Waals surface area contributed by atoms with Gasteiger partial charge in [-0.3, -0.25) is 0 Å². The van der Waals surface area contributed by atoms with Gasteiger partial charge in [0, 0.05) is 0 Å². The molecule has 0 aliphatic rings. The van der Waals surface area contributed by atoms with Gasteiger partial charge in [-0.15, -0.1) is 0 Å². The first-order valence-corrected chi connectivity index (χ1v) is 6.02. The van der Waals surface area contributed by atoms with E-state index in [4.69, 9.17) is 0 Å². The zero-order chi connectivity index (χ0) is 10.5. The maximum Gasteiger partial charge on any atom is -0.0348 e. The van der Waals surface area contributed by atoms with Crippen LogP contribution in [0.15, 0.2) is 24.3 Å². The van der Waals surface area contributed by atoms with Crippen molar-refractivity contribution in [1.29, 1.82) is 0 Å². The highest BCUT2D eigenvalue weighted by atomic mass is 13.9. The molecule has 0 fully saturated rings. The number of unbranched alkanes of at least 4 members (excludes halogenated alkanes) is 6. The lowest BCUT2D eigenvalue weighted by atomic mass is 10.1. The smallest absolute Gasteiger partial charge is 0.0348 e. The van der Waals surface area contributed by atoms with Gasteiger partial charge in [-0.2, -0.15) is 0 Å². The maximum absolute atomic E-state index is 3.84. The third-order valence-corrected chi connectivity index (χ3v) is 2.21.